The summed E-state index contributed by atoms with van der Waals surface area (Å²) < 4.78 is 10.3. The van der Waals surface area contributed by atoms with Gasteiger partial charge in [0.05, 0.1) is 25.0 Å². The molecule has 0 saturated heterocycles. The highest BCUT2D eigenvalue weighted by Crippen LogP contribution is 2.25. The highest BCUT2D eigenvalue weighted by molar-refractivity contribution is 7.80. The second kappa shape index (κ2) is 8.31. The van der Waals surface area contributed by atoms with E-state index in [1.807, 2.05) is 31.2 Å². The number of hydrogen-bond donors (Lipinski definition) is 2. The summed E-state index contributed by atoms with van der Waals surface area (Å²) in [4.78, 5) is 11.8. The second-order valence-electron chi connectivity index (χ2n) is 5.08. The number of thiocarbonyl (C=S) groups is 1. The number of carbonyl (C=O) groups excluding carboxylic acids is 1. The topological polar surface area (TPSA) is 59.6 Å². The van der Waals surface area contributed by atoms with Crippen LogP contribution >= 0.6 is 12.2 Å². The van der Waals surface area contributed by atoms with Gasteiger partial charge in [-0.05, 0) is 62.0 Å². The Morgan fingerprint density at radius 2 is 1.96 bits per heavy atom. The number of benzene rings is 2. The van der Waals surface area contributed by atoms with E-state index < -0.39 is 0 Å². The van der Waals surface area contributed by atoms with E-state index in [1.54, 1.807) is 32.2 Å². The highest BCUT2D eigenvalue weighted by atomic mass is 32.1. The zero-order valence-electron chi connectivity index (χ0n) is 13.9. The first-order valence-electron chi connectivity index (χ1n) is 7.53. The molecule has 0 atom stereocenters. The van der Waals surface area contributed by atoms with Crippen LogP contribution in [-0.2, 0) is 4.74 Å². The van der Waals surface area contributed by atoms with Crippen LogP contribution in [0.1, 0.15) is 22.8 Å². The fraction of sp³-hybridized carbons (Fsp3) is 0.222. The monoisotopic (exact) mass is 344 g/mol. The van der Waals surface area contributed by atoms with E-state index >= 15 is 0 Å². The van der Waals surface area contributed by atoms with Crippen LogP contribution in [0.15, 0.2) is 42.5 Å². The van der Waals surface area contributed by atoms with E-state index in [1.165, 1.54) is 0 Å². The summed E-state index contributed by atoms with van der Waals surface area (Å²) in [7, 11) is 1.61. The molecule has 0 spiro atoms. The maximum Gasteiger partial charge on any atom is 0.338 e. The zero-order valence-corrected chi connectivity index (χ0v) is 14.7. The van der Waals surface area contributed by atoms with Gasteiger partial charge in [0, 0.05) is 5.69 Å². The Balaban J connectivity index is 2.09. The molecule has 0 bridgehead atoms. The van der Waals surface area contributed by atoms with E-state index in [-0.39, 0.29) is 5.97 Å². The molecule has 126 valence electrons. The lowest BCUT2D eigenvalue weighted by atomic mass is 10.2. The number of methoxy groups -OCH3 is 1. The number of rotatable bonds is 5. The van der Waals surface area contributed by atoms with Crippen molar-refractivity contribution in [2.45, 2.75) is 13.8 Å². The Hall–Kier alpha value is -2.60. The maximum absolute atomic E-state index is 11.8. The second-order valence-corrected chi connectivity index (χ2v) is 5.49. The van der Waals surface area contributed by atoms with Crippen molar-refractivity contribution >= 4 is 34.7 Å². The van der Waals surface area contributed by atoms with Gasteiger partial charge in [-0.25, -0.2) is 4.79 Å². The van der Waals surface area contributed by atoms with Gasteiger partial charge < -0.3 is 20.1 Å². The van der Waals surface area contributed by atoms with Gasteiger partial charge in [-0.15, -0.1) is 0 Å². The Labute approximate surface area is 147 Å². The summed E-state index contributed by atoms with van der Waals surface area (Å²) >= 11 is 5.34. The normalized spacial score (nSPS) is 9.96. The molecule has 2 aromatic carbocycles. The molecule has 0 aliphatic rings. The Kier molecular flexibility index (Phi) is 6.14. The molecule has 2 aromatic rings. The minimum Gasteiger partial charge on any atom is -0.495 e. The van der Waals surface area contributed by atoms with Crippen LogP contribution in [0, 0.1) is 6.92 Å². The van der Waals surface area contributed by atoms with Crippen molar-refractivity contribution < 1.29 is 14.3 Å². The van der Waals surface area contributed by atoms with Gasteiger partial charge >= 0.3 is 5.97 Å². The molecule has 2 N–H and O–H groups in total. The van der Waals surface area contributed by atoms with Crippen molar-refractivity contribution in [3.63, 3.8) is 0 Å². The van der Waals surface area contributed by atoms with Gasteiger partial charge in [0.2, 0.25) is 0 Å². The standard InChI is InChI=1S/C18H20N2O3S/c1-4-23-17(21)13-6-5-7-14(11-13)19-18(24)20-15-10-12(2)8-9-16(15)22-3/h5-11H,4H2,1-3H3,(H2,19,20,24). The SMILES string of the molecule is CCOC(=O)c1cccc(NC(=S)Nc2cc(C)ccc2OC)c1. The molecule has 0 fully saturated rings. The predicted octanol–water partition coefficient (Wildman–Crippen LogP) is 3.99. The van der Waals surface area contributed by atoms with Gasteiger partial charge in [0.25, 0.3) is 0 Å². The van der Waals surface area contributed by atoms with E-state index in [2.05, 4.69) is 10.6 Å². The van der Waals surface area contributed by atoms with Crippen LogP contribution in [0.3, 0.4) is 0 Å². The van der Waals surface area contributed by atoms with Crippen LogP contribution in [-0.4, -0.2) is 24.8 Å². The Morgan fingerprint density at radius 1 is 1.17 bits per heavy atom. The summed E-state index contributed by atoms with van der Waals surface area (Å²) in [5.41, 5.74) is 3.03. The van der Waals surface area contributed by atoms with Crippen LogP contribution in [0.25, 0.3) is 0 Å². The molecule has 0 radical (unpaired) electrons. The van der Waals surface area contributed by atoms with Gasteiger partial charge in [-0.2, -0.15) is 0 Å². The smallest absolute Gasteiger partial charge is 0.338 e. The van der Waals surface area contributed by atoms with E-state index in [0.717, 1.165) is 11.3 Å². The van der Waals surface area contributed by atoms with Crippen LogP contribution in [0.5, 0.6) is 5.75 Å². The number of anilines is 2. The Morgan fingerprint density at radius 3 is 2.67 bits per heavy atom. The number of nitrogens with one attached hydrogen (secondary N) is 2. The molecule has 0 aliphatic carbocycles. The summed E-state index contributed by atoms with van der Waals surface area (Å²) in [5, 5.41) is 6.56. The van der Waals surface area contributed by atoms with Gasteiger partial charge in [0.15, 0.2) is 5.11 Å². The van der Waals surface area contributed by atoms with Gasteiger partial charge in [0.1, 0.15) is 5.75 Å². The average molecular weight is 344 g/mol. The third-order valence-corrected chi connectivity index (χ3v) is 3.44. The molecule has 0 aromatic heterocycles. The van der Waals surface area contributed by atoms with E-state index in [0.29, 0.717) is 28.7 Å². The molecule has 2 rings (SSSR count). The molecule has 0 unspecified atom stereocenters. The zero-order chi connectivity index (χ0) is 17.5. The third kappa shape index (κ3) is 4.70. The van der Waals surface area contributed by atoms with Crippen LogP contribution < -0.4 is 15.4 Å². The first-order chi connectivity index (χ1) is 11.5. The fourth-order valence-electron chi connectivity index (χ4n) is 2.14. The van der Waals surface area contributed by atoms with Crippen molar-refractivity contribution in [1.82, 2.24) is 0 Å². The lowest BCUT2D eigenvalue weighted by molar-refractivity contribution is 0.0526. The number of hydrogen-bond acceptors (Lipinski definition) is 4. The molecule has 6 heteroatoms. The van der Waals surface area contributed by atoms with Crippen molar-refractivity contribution in [1.29, 1.82) is 0 Å². The van der Waals surface area contributed by atoms with Gasteiger partial charge in [-0.3, -0.25) is 0 Å². The lowest BCUT2D eigenvalue weighted by Crippen LogP contribution is -2.19. The van der Waals surface area contributed by atoms with Crippen LogP contribution in [0.2, 0.25) is 0 Å². The number of aryl methyl sites for hydroxylation is 1. The first-order valence-corrected chi connectivity index (χ1v) is 7.94. The fourth-order valence-corrected chi connectivity index (χ4v) is 2.37. The number of ether oxygens (including phenoxy) is 2. The molecule has 0 amide bonds. The van der Waals surface area contributed by atoms with Crippen molar-refractivity contribution in [2.75, 3.05) is 24.4 Å². The molecule has 24 heavy (non-hydrogen) atoms. The lowest BCUT2D eigenvalue weighted by Gasteiger charge is -2.14. The maximum atomic E-state index is 11.8. The quantitative estimate of drug-likeness (QED) is 0.632. The van der Waals surface area contributed by atoms with Crippen molar-refractivity contribution in [3.05, 3.63) is 53.6 Å². The van der Waals surface area contributed by atoms with Gasteiger partial charge in [-0.1, -0.05) is 12.1 Å². The molecular formula is C18H20N2O3S. The number of carbonyl (C=O) groups is 1. The first kappa shape index (κ1) is 17.7. The molecular weight excluding hydrogens is 324 g/mol. The summed E-state index contributed by atoms with van der Waals surface area (Å²) in [5.74, 6) is 0.338. The minimum atomic E-state index is -0.361. The summed E-state index contributed by atoms with van der Waals surface area (Å²) in [6.07, 6.45) is 0. The van der Waals surface area contributed by atoms with Crippen molar-refractivity contribution in [2.24, 2.45) is 0 Å². The van der Waals surface area contributed by atoms with E-state index in [4.69, 9.17) is 21.7 Å². The molecule has 0 saturated carbocycles. The molecule has 0 heterocycles. The average Bonchev–Trinajstić information content (AvgIpc) is 2.55. The number of esters is 1. The molecule has 5 nitrogen and oxygen atoms in total. The third-order valence-electron chi connectivity index (χ3n) is 3.23. The summed E-state index contributed by atoms with van der Waals surface area (Å²) in [6, 6.07) is 12.8. The predicted molar refractivity (Wildman–Crippen MR) is 100.0 cm³/mol. The molecule has 0 aliphatic heterocycles. The Bertz CT molecular complexity index is 747. The van der Waals surface area contributed by atoms with E-state index in [9.17, 15) is 4.79 Å². The summed E-state index contributed by atoms with van der Waals surface area (Å²) in [6.45, 7) is 4.10. The largest absolute Gasteiger partial charge is 0.495 e. The minimum absolute atomic E-state index is 0.337. The highest BCUT2D eigenvalue weighted by Gasteiger charge is 2.09. The van der Waals surface area contributed by atoms with Crippen LogP contribution in [0.4, 0.5) is 11.4 Å². The van der Waals surface area contributed by atoms with Crippen molar-refractivity contribution in [3.8, 4) is 5.75 Å².